The van der Waals surface area contributed by atoms with Crippen LogP contribution in [0.25, 0.3) is 32.3 Å². The maximum absolute atomic E-state index is 8.81. The third kappa shape index (κ3) is 1.90. The van der Waals surface area contributed by atoms with Gasteiger partial charge in [0.2, 0.25) is 0 Å². The van der Waals surface area contributed by atoms with Crippen LogP contribution in [0.4, 0.5) is 0 Å². The normalized spacial score (nSPS) is 11.3. The molecule has 0 unspecified atom stereocenters. The first-order valence-corrected chi connectivity index (χ1v) is 6.85. The molecule has 1 radical (unpaired) electrons. The predicted octanol–water partition coefficient (Wildman–Crippen LogP) is 3.88. The molecule has 4 rings (SSSR count). The van der Waals surface area contributed by atoms with Gasteiger partial charge in [-0.25, -0.2) is 0 Å². The highest BCUT2D eigenvalue weighted by Gasteiger charge is 2.11. The van der Waals surface area contributed by atoms with Gasteiger partial charge in [-0.05, 0) is 37.8 Å². The molecule has 4 aromatic rings. The van der Waals surface area contributed by atoms with E-state index in [9.17, 15) is 0 Å². The Bertz CT molecular complexity index is 947. The lowest BCUT2D eigenvalue weighted by molar-refractivity contribution is -0.135. The smallest absolute Gasteiger partial charge is 0.307 e. The Kier molecular flexibility index (Phi) is 2.88. The summed E-state index contributed by atoms with van der Waals surface area (Å²) in [5.74, 6) is 0. The van der Waals surface area contributed by atoms with E-state index in [4.69, 9.17) is 5.26 Å². The summed E-state index contributed by atoms with van der Waals surface area (Å²) >= 11 is 0. The van der Waals surface area contributed by atoms with Crippen molar-refractivity contribution >= 4 is 45.3 Å². The van der Waals surface area contributed by atoms with Crippen LogP contribution >= 0.6 is 0 Å². The van der Waals surface area contributed by atoms with Crippen molar-refractivity contribution in [3.05, 3.63) is 66.7 Å². The molecule has 0 bridgehead atoms. The van der Waals surface area contributed by atoms with Crippen LogP contribution in [-0.4, -0.2) is 12.7 Å². The molecule has 0 aliphatic rings. The van der Waals surface area contributed by atoms with Crippen LogP contribution in [-0.2, 0) is 4.81 Å². The largest absolute Gasteiger partial charge is 0.381 e. The van der Waals surface area contributed by atoms with Crippen molar-refractivity contribution in [3.63, 3.8) is 0 Å². The highest BCUT2D eigenvalue weighted by Crippen LogP contribution is 2.30. The fourth-order valence-corrected chi connectivity index (χ4v) is 3.05. The summed E-state index contributed by atoms with van der Waals surface area (Å²) in [5.41, 5.74) is 0.872. The van der Waals surface area contributed by atoms with Gasteiger partial charge in [0.05, 0.1) is 0 Å². The average Bonchev–Trinajstić information content (AvgIpc) is 2.54. The summed E-state index contributed by atoms with van der Waals surface area (Å²) in [5, 5.41) is 15.8. The monoisotopic (exact) mass is 271 g/mol. The van der Waals surface area contributed by atoms with Gasteiger partial charge >= 0.3 is 7.48 Å². The summed E-state index contributed by atoms with van der Waals surface area (Å²) in [6.07, 6.45) is 0. The Balaban J connectivity index is 2.28. The molecule has 0 heterocycles. The summed E-state index contributed by atoms with van der Waals surface area (Å²) in [7, 11) is 1.38. The van der Waals surface area contributed by atoms with E-state index in [0.29, 0.717) is 0 Å². The molecule has 99 valence electrons. The highest BCUT2D eigenvalue weighted by molar-refractivity contribution is 6.53. The van der Waals surface area contributed by atoms with Crippen LogP contribution in [0.1, 0.15) is 0 Å². The summed E-state index contributed by atoms with van der Waals surface area (Å²) in [4.78, 5) is 4.27. The molecule has 4 aromatic carbocycles. The molecule has 0 spiro atoms. The molecule has 1 N–H and O–H groups in total. The van der Waals surface area contributed by atoms with Crippen LogP contribution < -0.4 is 5.46 Å². The molecule has 0 aromatic heterocycles. The number of rotatable bonds is 2. The molecule has 3 heteroatoms. The van der Waals surface area contributed by atoms with Crippen LogP contribution in [0.2, 0.25) is 0 Å². The molecular formula is C18H12BO2. The second-order valence-corrected chi connectivity index (χ2v) is 5.12. The quantitative estimate of drug-likeness (QED) is 0.259. The van der Waals surface area contributed by atoms with Gasteiger partial charge in [0.1, 0.15) is 0 Å². The van der Waals surface area contributed by atoms with Gasteiger partial charge in [0.25, 0.3) is 0 Å². The van der Waals surface area contributed by atoms with E-state index < -0.39 is 0 Å². The molecule has 0 saturated heterocycles. The van der Waals surface area contributed by atoms with Gasteiger partial charge in [-0.15, -0.1) is 0 Å². The number of hydrogen-bond acceptors (Lipinski definition) is 2. The number of fused-ring (bicyclic) bond motifs is 5. The maximum Gasteiger partial charge on any atom is 0.381 e. The zero-order valence-electron chi connectivity index (χ0n) is 11.3. The topological polar surface area (TPSA) is 29.5 Å². The number of benzene rings is 4. The molecule has 0 amide bonds. The molecule has 2 nitrogen and oxygen atoms in total. The molecule has 0 saturated carbocycles. The first-order chi connectivity index (χ1) is 10.4. The fraction of sp³-hybridized carbons (Fsp3) is 0. The zero-order valence-corrected chi connectivity index (χ0v) is 11.3. The molecule has 21 heavy (non-hydrogen) atoms. The van der Waals surface area contributed by atoms with E-state index >= 15 is 0 Å². The zero-order chi connectivity index (χ0) is 14.2. The SMILES string of the molecule is OO[B]c1cc2ccccc2c2c1ccc1ccccc12. The van der Waals surface area contributed by atoms with Crippen molar-refractivity contribution < 1.29 is 10.1 Å². The van der Waals surface area contributed by atoms with Crippen molar-refractivity contribution in [3.8, 4) is 0 Å². The van der Waals surface area contributed by atoms with Crippen molar-refractivity contribution in [1.29, 1.82) is 0 Å². The minimum Gasteiger partial charge on any atom is -0.307 e. The van der Waals surface area contributed by atoms with Crippen molar-refractivity contribution in [2.75, 3.05) is 0 Å². The molecule has 0 aliphatic carbocycles. The Morgan fingerprint density at radius 1 is 0.714 bits per heavy atom. The Morgan fingerprint density at radius 3 is 2.14 bits per heavy atom. The minimum atomic E-state index is 0.872. The van der Waals surface area contributed by atoms with Crippen LogP contribution in [0, 0.1) is 0 Å². The summed E-state index contributed by atoms with van der Waals surface area (Å²) < 4.78 is 0. The lowest BCUT2D eigenvalue weighted by atomic mass is 9.81. The van der Waals surface area contributed by atoms with E-state index in [0.717, 1.165) is 16.2 Å². The second kappa shape index (κ2) is 4.88. The summed E-state index contributed by atoms with van der Waals surface area (Å²) in [6.45, 7) is 0. The van der Waals surface area contributed by atoms with Gasteiger partial charge < -0.3 is 4.81 Å². The Labute approximate surface area is 122 Å². The summed E-state index contributed by atoms with van der Waals surface area (Å²) in [6, 6.07) is 22.8. The highest BCUT2D eigenvalue weighted by atomic mass is 17.1. The van der Waals surface area contributed by atoms with Gasteiger partial charge in [0.15, 0.2) is 0 Å². The van der Waals surface area contributed by atoms with Gasteiger partial charge in [-0.1, -0.05) is 66.7 Å². The third-order valence-corrected chi connectivity index (χ3v) is 3.96. The first kappa shape index (κ1) is 12.4. The van der Waals surface area contributed by atoms with E-state index in [1.807, 2.05) is 18.2 Å². The van der Waals surface area contributed by atoms with Crippen molar-refractivity contribution in [1.82, 2.24) is 0 Å². The lowest BCUT2D eigenvalue weighted by Crippen LogP contribution is -2.17. The van der Waals surface area contributed by atoms with E-state index in [1.165, 1.54) is 29.0 Å². The van der Waals surface area contributed by atoms with Gasteiger partial charge in [-0.3, -0.25) is 5.26 Å². The van der Waals surface area contributed by atoms with Crippen LogP contribution in [0.15, 0.2) is 66.7 Å². The van der Waals surface area contributed by atoms with E-state index in [-0.39, 0.29) is 0 Å². The average molecular weight is 271 g/mol. The van der Waals surface area contributed by atoms with Crippen molar-refractivity contribution in [2.45, 2.75) is 0 Å². The second-order valence-electron chi connectivity index (χ2n) is 5.12. The minimum absolute atomic E-state index is 0.872. The Hall–Kier alpha value is -2.36. The van der Waals surface area contributed by atoms with Crippen molar-refractivity contribution in [2.24, 2.45) is 0 Å². The molecule has 0 aliphatic heterocycles. The maximum atomic E-state index is 8.81. The van der Waals surface area contributed by atoms with E-state index in [2.05, 4.69) is 53.3 Å². The lowest BCUT2D eigenvalue weighted by Gasteiger charge is -2.11. The van der Waals surface area contributed by atoms with Crippen LogP contribution in [0.5, 0.6) is 0 Å². The van der Waals surface area contributed by atoms with Gasteiger partial charge in [0, 0.05) is 0 Å². The van der Waals surface area contributed by atoms with E-state index in [1.54, 1.807) is 0 Å². The third-order valence-electron chi connectivity index (χ3n) is 3.96. The number of hydrogen-bond donors (Lipinski definition) is 1. The Morgan fingerprint density at radius 2 is 1.38 bits per heavy atom. The standard InChI is InChI=1S/C18H12BO2/c20-21-19-17-11-13-6-2-4-8-15(13)18-14-7-3-1-5-12(14)9-10-16(17)18/h1-11,20H. The fourth-order valence-electron chi connectivity index (χ4n) is 3.05. The van der Waals surface area contributed by atoms with Crippen LogP contribution in [0.3, 0.4) is 0 Å². The molecule has 0 fully saturated rings. The van der Waals surface area contributed by atoms with Gasteiger partial charge in [-0.2, -0.15) is 0 Å². The molecule has 0 atom stereocenters. The molecular weight excluding hydrogens is 259 g/mol. The first-order valence-electron chi connectivity index (χ1n) is 6.85. The predicted molar refractivity (Wildman–Crippen MR) is 88.1 cm³/mol.